The van der Waals surface area contributed by atoms with Crippen molar-refractivity contribution in [1.82, 2.24) is 10.6 Å². The molecule has 0 radical (unpaired) electrons. The van der Waals surface area contributed by atoms with E-state index in [0.29, 0.717) is 12.1 Å². The first-order valence-electron chi connectivity index (χ1n) is 12.6. The van der Waals surface area contributed by atoms with Crippen LogP contribution in [0.4, 0.5) is 43.9 Å². The molecule has 16 heteroatoms. The van der Waals surface area contributed by atoms with Gasteiger partial charge in [0.2, 0.25) is 5.91 Å². The molecule has 2 aromatic carbocycles. The zero-order chi connectivity index (χ0) is 34.7. The maximum Gasteiger partial charge on any atom is 0.417 e. The van der Waals surface area contributed by atoms with E-state index in [0.717, 1.165) is 19.1 Å². The average Bonchev–Trinajstić information content (AvgIpc) is 2.88. The Balaban J connectivity index is 2.54. The summed E-state index contributed by atoms with van der Waals surface area (Å²) < 4.78 is 136. The number of nitrogens with one attached hydrogen (secondary N) is 2. The van der Waals surface area contributed by atoms with Gasteiger partial charge in [0, 0.05) is 16.5 Å². The number of hydrogen-bond donors (Lipinski definition) is 2. The van der Waals surface area contributed by atoms with Gasteiger partial charge >= 0.3 is 18.5 Å². The minimum absolute atomic E-state index is 0.0167. The third-order valence-electron chi connectivity index (χ3n) is 5.70. The topological polar surface area (TPSA) is 58.2 Å². The van der Waals surface area contributed by atoms with Crippen molar-refractivity contribution in [3.05, 3.63) is 74.3 Å². The van der Waals surface area contributed by atoms with E-state index in [1.54, 1.807) is 26.1 Å². The molecular formula is C29H24Cl2F10N2O2. The molecular weight excluding hydrogens is 669 g/mol. The molecule has 0 spiro atoms. The fourth-order valence-corrected chi connectivity index (χ4v) is 3.95. The van der Waals surface area contributed by atoms with E-state index in [1.807, 2.05) is 0 Å². The molecule has 0 aliphatic heterocycles. The van der Waals surface area contributed by atoms with E-state index < -0.39 is 82.3 Å². The maximum absolute atomic E-state index is 15.2. The van der Waals surface area contributed by atoms with Gasteiger partial charge in [0.15, 0.2) is 0 Å². The van der Waals surface area contributed by atoms with Gasteiger partial charge in [0.25, 0.3) is 5.91 Å². The second kappa shape index (κ2) is 13.9. The van der Waals surface area contributed by atoms with Crippen molar-refractivity contribution in [3.8, 4) is 11.8 Å². The minimum atomic E-state index is -5.35. The van der Waals surface area contributed by atoms with Crippen LogP contribution in [0.15, 0.2) is 36.4 Å². The monoisotopic (exact) mass is 692 g/mol. The highest BCUT2D eigenvalue weighted by Crippen LogP contribution is 2.42. The first-order valence-corrected chi connectivity index (χ1v) is 13.4. The van der Waals surface area contributed by atoms with Gasteiger partial charge in [-0.1, -0.05) is 41.1 Å². The van der Waals surface area contributed by atoms with E-state index in [2.05, 4.69) is 11.8 Å². The van der Waals surface area contributed by atoms with Gasteiger partial charge in [-0.25, -0.2) is 4.39 Å². The Bertz CT molecular complexity index is 1530. The fourth-order valence-electron chi connectivity index (χ4n) is 3.56. The molecule has 0 saturated heterocycles. The van der Waals surface area contributed by atoms with Crippen LogP contribution < -0.4 is 10.6 Å². The van der Waals surface area contributed by atoms with Gasteiger partial charge in [-0.3, -0.25) is 9.59 Å². The van der Waals surface area contributed by atoms with Gasteiger partial charge in [0.1, 0.15) is 24.3 Å². The molecule has 4 nitrogen and oxygen atoms in total. The Morgan fingerprint density at radius 2 is 1.56 bits per heavy atom. The van der Waals surface area contributed by atoms with Crippen LogP contribution in [0.3, 0.4) is 0 Å². The second-order valence-corrected chi connectivity index (χ2v) is 11.5. The summed E-state index contributed by atoms with van der Waals surface area (Å²) in [6, 6.07) is 1.13. The summed E-state index contributed by atoms with van der Waals surface area (Å²) in [7, 11) is 0. The van der Waals surface area contributed by atoms with E-state index in [1.165, 1.54) is 5.32 Å². The fraction of sp³-hybridized carbons (Fsp3) is 0.379. The highest BCUT2D eigenvalue weighted by molar-refractivity contribution is 6.42. The maximum atomic E-state index is 15.2. The van der Waals surface area contributed by atoms with Crippen LogP contribution in [0, 0.1) is 17.3 Å². The predicted octanol–water partition coefficient (Wildman–Crippen LogP) is 8.86. The molecule has 2 N–H and O–H groups in total. The molecule has 45 heavy (non-hydrogen) atoms. The first-order chi connectivity index (χ1) is 20.3. The van der Waals surface area contributed by atoms with Gasteiger partial charge in [0.05, 0.1) is 21.2 Å². The average molecular weight is 693 g/mol. The summed E-state index contributed by atoms with van der Waals surface area (Å²) in [4.78, 5) is 24.3. The quantitative estimate of drug-likeness (QED) is 0.225. The Kier molecular flexibility index (Phi) is 11.7. The van der Waals surface area contributed by atoms with Crippen LogP contribution in [0.1, 0.15) is 66.2 Å². The third kappa shape index (κ3) is 11.1. The number of halogens is 12. The van der Waals surface area contributed by atoms with Crippen molar-refractivity contribution in [1.29, 1.82) is 0 Å². The number of alkyl halides is 9. The van der Waals surface area contributed by atoms with Crippen LogP contribution >= 0.6 is 23.2 Å². The van der Waals surface area contributed by atoms with E-state index in [9.17, 15) is 49.1 Å². The lowest BCUT2D eigenvalue weighted by Crippen LogP contribution is -2.47. The molecule has 246 valence electrons. The zero-order valence-electron chi connectivity index (χ0n) is 23.7. The van der Waals surface area contributed by atoms with Gasteiger partial charge in [-0.2, -0.15) is 39.5 Å². The highest BCUT2D eigenvalue weighted by Gasteiger charge is 2.41. The van der Waals surface area contributed by atoms with Crippen LogP contribution in [0.5, 0.6) is 0 Å². The van der Waals surface area contributed by atoms with Crippen LogP contribution in [0.2, 0.25) is 10.0 Å². The zero-order valence-corrected chi connectivity index (χ0v) is 25.2. The van der Waals surface area contributed by atoms with Crippen molar-refractivity contribution < 1.29 is 53.5 Å². The number of rotatable bonds is 7. The highest BCUT2D eigenvalue weighted by atomic mass is 35.5. The van der Waals surface area contributed by atoms with Gasteiger partial charge in [-0.05, 0) is 63.6 Å². The summed E-state index contributed by atoms with van der Waals surface area (Å²) in [5.41, 5.74) is -5.26. The van der Waals surface area contributed by atoms with Crippen molar-refractivity contribution in [2.45, 2.75) is 58.2 Å². The standard InChI is InChI=1S/C29H24Cl2F10N2O2/c1-14(24(44)42-13-27(33,34)35)43-25(45)18-6-5-15(10-20(18)29(39,40)41)22(32)12-19(28(36,37)38)17-9-16(7-8-26(2,3)4)23(31)21(30)11-17/h5-6,9-12,14,19H,13H2,1-4H3,(H,42,44)(H,43,45)/b22-12-/t14-,19?/m1/s1. The summed E-state index contributed by atoms with van der Waals surface area (Å²) in [5.74, 6) is -2.02. The molecule has 2 atom stereocenters. The van der Waals surface area contributed by atoms with Crippen LogP contribution in [0.25, 0.3) is 5.83 Å². The third-order valence-corrected chi connectivity index (χ3v) is 6.50. The normalized spacial score (nSPS) is 14.3. The number of benzene rings is 2. The van der Waals surface area contributed by atoms with E-state index >= 15 is 4.39 Å². The molecule has 0 heterocycles. The first kappa shape index (κ1) is 37.7. The Labute approximate surface area is 261 Å². The Hall–Kier alpha value is -3.44. The number of carbonyl (C=O) groups is 2. The largest absolute Gasteiger partial charge is 0.417 e. The molecule has 0 aliphatic carbocycles. The molecule has 0 bridgehead atoms. The number of hydrogen-bond acceptors (Lipinski definition) is 2. The summed E-state index contributed by atoms with van der Waals surface area (Å²) in [6.45, 7) is 4.28. The molecule has 2 amide bonds. The molecule has 1 unspecified atom stereocenters. The number of amides is 2. The molecule has 0 aliphatic rings. The predicted molar refractivity (Wildman–Crippen MR) is 148 cm³/mol. The summed E-state index contributed by atoms with van der Waals surface area (Å²) in [5, 5.41) is 2.72. The van der Waals surface area contributed by atoms with E-state index in [4.69, 9.17) is 23.2 Å². The summed E-state index contributed by atoms with van der Waals surface area (Å²) in [6.07, 6.45) is -15.3. The van der Waals surface area contributed by atoms with E-state index in [-0.39, 0.29) is 27.8 Å². The second-order valence-electron chi connectivity index (χ2n) is 10.7. The van der Waals surface area contributed by atoms with Crippen molar-refractivity contribution >= 4 is 40.8 Å². The van der Waals surface area contributed by atoms with Crippen LogP contribution in [-0.4, -0.2) is 36.8 Å². The summed E-state index contributed by atoms with van der Waals surface area (Å²) >= 11 is 12.1. The lowest BCUT2D eigenvalue weighted by Gasteiger charge is -2.20. The smallest absolute Gasteiger partial charge is 0.345 e. The molecule has 0 aromatic heterocycles. The Morgan fingerprint density at radius 1 is 0.956 bits per heavy atom. The molecule has 0 fully saturated rings. The Morgan fingerprint density at radius 3 is 2.07 bits per heavy atom. The van der Waals surface area contributed by atoms with Crippen molar-refractivity contribution in [2.24, 2.45) is 5.41 Å². The van der Waals surface area contributed by atoms with Gasteiger partial charge < -0.3 is 10.6 Å². The van der Waals surface area contributed by atoms with Crippen LogP contribution in [-0.2, 0) is 11.0 Å². The van der Waals surface area contributed by atoms with Crippen molar-refractivity contribution in [3.63, 3.8) is 0 Å². The molecule has 2 rings (SSSR count). The molecule has 0 saturated carbocycles. The molecule has 2 aromatic rings. The lowest BCUT2D eigenvalue weighted by molar-refractivity contribution is -0.140. The minimum Gasteiger partial charge on any atom is -0.345 e. The van der Waals surface area contributed by atoms with Gasteiger partial charge in [-0.15, -0.1) is 0 Å². The van der Waals surface area contributed by atoms with Crippen molar-refractivity contribution in [2.75, 3.05) is 6.54 Å². The SMILES string of the molecule is C[C@@H](NC(=O)c1ccc(/C(F)=C/C(c2cc(Cl)c(Cl)c(C#CC(C)(C)C)c2)C(F)(F)F)cc1C(F)(F)F)C(=O)NCC(F)(F)F. The number of allylic oxidation sites excluding steroid dienone is 1. The lowest BCUT2D eigenvalue weighted by atomic mass is 9.93. The number of carbonyl (C=O) groups excluding carboxylic acids is 2.